The molecule has 2 aromatic rings. The average molecular weight is 356 g/mol. The van der Waals surface area contributed by atoms with Crippen LogP contribution in [-0.2, 0) is 0 Å². The fourth-order valence-corrected chi connectivity index (χ4v) is 2.83. The molecule has 0 aliphatic rings. The second-order valence-corrected chi connectivity index (χ2v) is 5.80. The monoisotopic (exact) mass is 354 g/mol. The van der Waals surface area contributed by atoms with E-state index in [9.17, 15) is 0 Å². The molecule has 0 N–H and O–H groups in total. The number of alkyl halides is 1. The molecule has 1 atom stereocenters. The Morgan fingerprint density at radius 1 is 1.05 bits per heavy atom. The van der Waals surface area contributed by atoms with Gasteiger partial charge in [-0.05, 0) is 30.2 Å². The molecule has 0 aliphatic heterocycles. The van der Waals surface area contributed by atoms with E-state index in [4.69, 9.17) is 21.1 Å². The largest absolute Gasteiger partial charge is 0.497 e. The maximum absolute atomic E-state index is 6.19. The van der Waals surface area contributed by atoms with Gasteiger partial charge in [0.2, 0.25) is 0 Å². The molecule has 2 nitrogen and oxygen atoms in total. The van der Waals surface area contributed by atoms with E-state index in [1.54, 1.807) is 14.2 Å². The molecule has 0 radical (unpaired) electrons. The molecule has 0 aliphatic carbocycles. The molecule has 0 amide bonds. The maximum Gasteiger partial charge on any atom is 0.127 e. The molecule has 0 spiro atoms. The Labute approximate surface area is 132 Å². The van der Waals surface area contributed by atoms with Crippen molar-refractivity contribution in [3.63, 3.8) is 0 Å². The number of aryl methyl sites for hydroxylation is 1. The lowest BCUT2D eigenvalue weighted by Gasteiger charge is -2.16. The number of ether oxygens (including phenoxy) is 2. The van der Waals surface area contributed by atoms with Crippen LogP contribution < -0.4 is 9.47 Å². The molecular formula is C16H16BrClO2. The standard InChI is InChI=1S/C16H16BrClO2/c1-10-4-5-11(8-14(10)18)16(17)13-7-6-12(19-2)9-15(13)20-3/h4-9,16H,1-3H3. The van der Waals surface area contributed by atoms with Crippen LogP contribution in [-0.4, -0.2) is 14.2 Å². The molecule has 0 aromatic heterocycles. The molecule has 20 heavy (non-hydrogen) atoms. The molecule has 0 saturated carbocycles. The summed E-state index contributed by atoms with van der Waals surface area (Å²) in [5, 5.41) is 0.763. The third-order valence-corrected chi connectivity index (χ3v) is 4.63. The Kier molecular flexibility index (Phi) is 4.95. The number of rotatable bonds is 4. The van der Waals surface area contributed by atoms with Crippen LogP contribution in [0.4, 0.5) is 0 Å². The molecule has 0 fully saturated rings. The summed E-state index contributed by atoms with van der Waals surface area (Å²) in [7, 11) is 3.29. The van der Waals surface area contributed by atoms with Crippen molar-refractivity contribution in [3.05, 3.63) is 58.1 Å². The number of methoxy groups -OCH3 is 2. The highest BCUT2D eigenvalue weighted by molar-refractivity contribution is 9.09. The highest BCUT2D eigenvalue weighted by Gasteiger charge is 2.16. The predicted octanol–water partition coefficient (Wildman–Crippen LogP) is 5.15. The maximum atomic E-state index is 6.19. The Balaban J connectivity index is 2.41. The summed E-state index contributed by atoms with van der Waals surface area (Å²) in [6.45, 7) is 1.99. The van der Waals surface area contributed by atoms with Crippen LogP contribution in [0.1, 0.15) is 21.5 Å². The van der Waals surface area contributed by atoms with Gasteiger partial charge in [-0.3, -0.25) is 0 Å². The summed E-state index contributed by atoms with van der Waals surface area (Å²) < 4.78 is 10.7. The molecule has 4 heteroatoms. The van der Waals surface area contributed by atoms with Crippen molar-refractivity contribution in [2.75, 3.05) is 14.2 Å². The molecule has 0 heterocycles. The molecule has 2 aromatic carbocycles. The molecule has 2 rings (SSSR count). The van der Waals surface area contributed by atoms with Crippen LogP contribution in [0.5, 0.6) is 11.5 Å². The first-order chi connectivity index (χ1) is 9.56. The fraction of sp³-hybridized carbons (Fsp3) is 0.250. The first-order valence-corrected chi connectivity index (χ1v) is 7.48. The second kappa shape index (κ2) is 6.51. The van der Waals surface area contributed by atoms with E-state index >= 15 is 0 Å². The van der Waals surface area contributed by atoms with E-state index in [1.807, 2.05) is 37.3 Å². The molecule has 0 bridgehead atoms. The first kappa shape index (κ1) is 15.2. The average Bonchev–Trinajstić information content (AvgIpc) is 2.48. The van der Waals surface area contributed by atoms with Crippen molar-refractivity contribution in [2.45, 2.75) is 11.8 Å². The van der Waals surface area contributed by atoms with E-state index in [0.29, 0.717) is 0 Å². The minimum absolute atomic E-state index is 0.0152. The summed E-state index contributed by atoms with van der Waals surface area (Å²) >= 11 is 9.91. The van der Waals surface area contributed by atoms with E-state index in [1.165, 1.54) is 0 Å². The third kappa shape index (κ3) is 3.10. The Hall–Kier alpha value is -1.19. The van der Waals surface area contributed by atoms with Crippen LogP contribution in [0.2, 0.25) is 5.02 Å². The zero-order valence-electron chi connectivity index (χ0n) is 11.6. The van der Waals surface area contributed by atoms with Gasteiger partial charge in [-0.1, -0.05) is 45.7 Å². The van der Waals surface area contributed by atoms with Gasteiger partial charge in [-0.15, -0.1) is 0 Å². The number of benzene rings is 2. The van der Waals surface area contributed by atoms with Crippen molar-refractivity contribution in [3.8, 4) is 11.5 Å². The van der Waals surface area contributed by atoms with Crippen molar-refractivity contribution in [1.29, 1.82) is 0 Å². The zero-order chi connectivity index (χ0) is 14.7. The molecular weight excluding hydrogens is 340 g/mol. The van der Waals surface area contributed by atoms with Crippen molar-refractivity contribution < 1.29 is 9.47 Å². The minimum atomic E-state index is 0.0152. The van der Waals surface area contributed by atoms with Gasteiger partial charge in [0.15, 0.2) is 0 Å². The number of hydrogen-bond acceptors (Lipinski definition) is 2. The summed E-state index contributed by atoms with van der Waals surface area (Å²) in [5.74, 6) is 1.55. The Morgan fingerprint density at radius 3 is 2.40 bits per heavy atom. The lowest BCUT2D eigenvalue weighted by atomic mass is 10.0. The summed E-state index contributed by atoms with van der Waals surface area (Å²) in [6.07, 6.45) is 0. The van der Waals surface area contributed by atoms with Gasteiger partial charge < -0.3 is 9.47 Å². The van der Waals surface area contributed by atoms with Crippen LogP contribution in [0, 0.1) is 6.92 Å². The van der Waals surface area contributed by atoms with Gasteiger partial charge >= 0.3 is 0 Å². The van der Waals surface area contributed by atoms with Crippen LogP contribution in [0.25, 0.3) is 0 Å². The van der Waals surface area contributed by atoms with Gasteiger partial charge in [0.05, 0.1) is 19.0 Å². The lowest BCUT2D eigenvalue weighted by Crippen LogP contribution is -1.98. The number of halogens is 2. The predicted molar refractivity (Wildman–Crippen MR) is 86.5 cm³/mol. The Bertz CT molecular complexity index is 613. The van der Waals surface area contributed by atoms with Gasteiger partial charge in [0.1, 0.15) is 11.5 Å². The highest BCUT2D eigenvalue weighted by atomic mass is 79.9. The minimum Gasteiger partial charge on any atom is -0.497 e. The molecule has 106 valence electrons. The van der Waals surface area contributed by atoms with Gasteiger partial charge in [0, 0.05) is 16.7 Å². The normalized spacial score (nSPS) is 12.1. The van der Waals surface area contributed by atoms with Crippen molar-refractivity contribution in [1.82, 2.24) is 0 Å². The molecule has 1 unspecified atom stereocenters. The van der Waals surface area contributed by atoms with Crippen molar-refractivity contribution >= 4 is 27.5 Å². The van der Waals surface area contributed by atoms with E-state index in [-0.39, 0.29) is 4.83 Å². The summed E-state index contributed by atoms with van der Waals surface area (Å²) in [4.78, 5) is 0.0152. The Morgan fingerprint density at radius 2 is 1.80 bits per heavy atom. The zero-order valence-corrected chi connectivity index (χ0v) is 14.0. The van der Waals surface area contributed by atoms with E-state index in [0.717, 1.165) is 33.2 Å². The van der Waals surface area contributed by atoms with Crippen LogP contribution in [0.15, 0.2) is 36.4 Å². The smallest absolute Gasteiger partial charge is 0.127 e. The van der Waals surface area contributed by atoms with E-state index in [2.05, 4.69) is 22.0 Å². The van der Waals surface area contributed by atoms with Crippen LogP contribution in [0.3, 0.4) is 0 Å². The third-order valence-electron chi connectivity index (χ3n) is 3.20. The summed E-state index contributed by atoms with van der Waals surface area (Å²) in [5.41, 5.74) is 3.19. The summed E-state index contributed by atoms with van der Waals surface area (Å²) in [6, 6.07) is 11.8. The van der Waals surface area contributed by atoms with Gasteiger partial charge in [-0.25, -0.2) is 0 Å². The molecule has 0 saturated heterocycles. The second-order valence-electron chi connectivity index (χ2n) is 4.48. The fourth-order valence-electron chi connectivity index (χ4n) is 1.97. The van der Waals surface area contributed by atoms with E-state index < -0.39 is 0 Å². The first-order valence-electron chi connectivity index (χ1n) is 6.19. The quantitative estimate of drug-likeness (QED) is 0.706. The van der Waals surface area contributed by atoms with Crippen molar-refractivity contribution in [2.24, 2.45) is 0 Å². The highest BCUT2D eigenvalue weighted by Crippen LogP contribution is 2.39. The van der Waals surface area contributed by atoms with Gasteiger partial charge in [0.25, 0.3) is 0 Å². The van der Waals surface area contributed by atoms with Gasteiger partial charge in [-0.2, -0.15) is 0 Å². The topological polar surface area (TPSA) is 18.5 Å². The van der Waals surface area contributed by atoms with Crippen LogP contribution >= 0.6 is 27.5 Å². The SMILES string of the molecule is COc1ccc(C(Br)c2ccc(C)c(Cl)c2)c(OC)c1. The lowest BCUT2D eigenvalue weighted by molar-refractivity contribution is 0.391. The number of hydrogen-bond donors (Lipinski definition) is 0.